The van der Waals surface area contributed by atoms with Crippen LogP contribution in [0, 0.1) is 0 Å². The SMILES string of the molecule is O=Cc1cn(-c2cc(O)ccc2O)c2ccccc12. The summed E-state index contributed by atoms with van der Waals surface area (Å²) >= 11 is 0. The third kappa shape index (κ3) is 1.74. The number of carbonyl (C=O) groups is 1. The molecule has 1 heterocycles. The van der Waals surface area contributed by atoms with E-state index in [4.69, 9.17) is 0 Å². The Morgan fingerprint density at radius 3 is 2.63 bits per heavy atom. The van der Waals surface area contributed by atoms with Crippen LogP contribution in [-0.2, 0) is 0 Å². The number of aromatic hydroxyl groups is 2. The maximum Gasteiger partial charge on any atom is 0.152 e. The van der Waals surface area contributed by atoms with E-state index in [-0.39, 0.29) is 11.5 Å². The molecule has 0 amide bonds. The average Bonchev–Trinajstić information content (AvgIpc) is 2.80. The van der Waals surface area contributed by atoms with Gasteiger partial charge in [-0.05, 0) is 18.2 Å². The molecule has 94 valence electrons. The van der Waals surface area contributed by atoms with Gasteiger partial charge in [0.15, 0.2) is 6.29 Å². The quantitative estimate of drug-likeness (QED) is 0.545. The van der Waals surface area contributed by atoms with Gasteiger partial charge < -0.3 is 14.8 Å². The molecule has 0 radical (unpaired) electrons. The van der Waals surface area contributed by atoms with Crippen molar-refractivity contribution in [3.05, 3.63) is 54.2 Å². The van der Waals surface area contributed by atoms with E-state index in [0.717, 1.165) is 17.2 Å². The highest BCUT2D eigenvalue weighted by atomic mass is 16.3. The van der Waals surface area contributed by atoms with Crippen LogP contribution in [0.1, 0.15) is 10.4 Å². The molecule has 0 atom stereocenters. The summed E-state index contributed by atoms with van der Waals surface area (Å²) in [5, 5.41) is 20.3. The second-order valence-electron chi connectivity index (χ2n) is 4.26. The molecule has 2 aromatic carbocycles. The second-order valence-corrected chi connectivity index (χ2v) is 4.26. The van der Waals surface area contributed by atoms with Crippen molar-refractivity contribution in [2.24, 2.45) is 0 Å². The lowest BCUT2D eigenvalue weighted by Crippen LogP contribution is -1.92. The minimum absolute atomic E-state index is 0.0380. The highest BCUT2D eigenvalue weighted by Crippen LogP contribution is 2.31. The monoisotopic (exact) mass is 253 g/mol. The van der Waals surface area contributed by atoms with Crippen molar-refractivity contribution in [3.63, 3.8) is 0 Å². The van der Waals surface area contributed by atoms with E-state index in [2.05, 4.69) is 0 Å². The zero-order chi connectivity index (χ0) is 13.4. The Balaban J connectivity index is 2.36. The van der Waals surface area contributed by atoms with E-state index in [0.29, 0.717) is 11.3 Å². The third-order valence-corrected chi connectivity index (χ3v) is 3.09. The number of aldehydes is 1. The molecule has 0 unspecified atom stereocenters. The summed E-state index contributed by atoms with van der Waals surface area (Å²) in [6.07, 6.45) is 2.42. The predicted octanol–water partition coefficient (Wildman–Crippen LogP) is 2.85. The second kappa shape index (κ2) is 4.17. The van der Waals surface area contributed by atoms with Gasteiger partial charge in [-0.25, -0.2) is 0 Å². The van der Waals surface area contributed by atoms with Gasteiger partial charge in [0, 0.05) is 23.2 Å². The minimum Gasteiger partial charge on any atom is -0.508 e. The smallest absolute Gasteiger partial charge is 0.152 e. The molecule has 4 nitrogen and oxygen atoms in total. The fourth-order valence-electron chi connectivity index (χ4n) is 2.20. The molecule has 0 bridgehead atoms. The Labute approximate surface area is 109 Å². The van der Waals surface area contributed by atoms with Crippen LogP contribution < -0.4 is 0 Å². The lowest BCUT2D eigenvalue weighted by Gasteiger charge is -2.08. The molecule has 19 heavy (non-hydrogen) atoms. The number of hydrogen-bond acceptors (Lipinski definition) is 3. The van der Waals surface area contributed by atoms with Crippen LogP contribution in [0.3, 0.4) is 0 Å². The third-order valence-electron chi connectivity index (χ3n) is 3.09. The van der Waals surface area contributed by atoms with Crippen molar-refractivity contribution in [2.75, 3.05) is 0 Å². The molecule has 0 aliphatic carbocycles. The highest BCUT2D eigenvalue weighted by molar-refractivity contribution is 5.98. The van der Waals surface area contributed by atoms with Crippen molar-refractivity contribution in [1.29, 1.82) is 0 Å². The van der Waals surface area contributed by atoms with E-state index in [1.807, 2.05) is 24.3 Å². The Hall–Kier alpha value is -2.75. The molecule has 0 spiro atoms. The van der Waals surface area contributed by atoms with Crippen molar-refractivity contribution in [2.45, 2.75) is 0 Å². The lowest BCUT2D eigenvalue weighted by atomic mass is 10.2. The summed E-state index contributed by atoms with van der Waals surface area (Å²) in [6, 6.07) is 11.7. The van der Waals surface area contributed by atoms with E-state index in [9.17, 15) is 15.0 Å². The molecule has 0 aliphatic rings. The van der Waals surface area contributed by atoms with Gasteiger partial charge in [-0.2, -0.15) is 0 Å². The fourth-order valence-corrected chi connectivity index (χ4v) is 2.20. The standard InChI is InChI=1S/C15H11NO3/c17-9-10-8-16(13-4-2-1-3-12(10)13)14-7-11(18)5-6-15(14)19/h1-9,18-19H. The number of nitrogens with zero attached hydrogens (tertiary/aromatic N) is 1. The molecule has 1 aromatic heterocycles. The first-order valence-corrected chi connectivity index (χ1v) is 5.78. The first kappa shape index (κ1) is 11.3. The zero-order valence-corrected chi connectivity index (χ0v) is 9.95. The number of fused-ring (bicyclic) bond motifs is 1. The van der Waals surface area contributed by atoms with E-state index in [1.54, 1.807) is 10.8 Å². The van der Waals surface area contributed by atoms with Crippen LogP contribution in [-0.4, -0.2) is 21.1 Å². The van der Waals surface area contributed by atoms with Gasteiger partial charge in [0.2, 0.25) is 0 Å². The molecular weight excluding hydrogens is 242 g/mol. The fraction of sp³-hybridized carbons (Fsp3) is 0. The van der Waals surface area contributed by atoms with Crippen LogP contribution >= 0.6 is 0 Å². The normalized spacial score (nSPS) is 10.7. The van der Waals surface area contributed by atoms with Crippen LogP contribution in [0.4, 0.5) is 0 Å². The van der Waals surface area contributed by atoms with Crippen LogP contribution in [0.25, 0.3) is 16.6 Å². The summed E-state index contributed by atoms with van der Waals surface area (Å²) in [5.74, 6) is 0.0919. The van der Waals surface area contributed by atoms with Gasteiger partial charge in [0.1, 0.15) is 11.5 Å². The van der Waals surface area contributed by atoms with Crippen molar-refractivity contribution in [3.8, 4) is 17.2 Å². The number of carbonyl (C=O) groups excluding carboxylic acids is 1. The van der Waals surface area contributed by atoms with Gasteiger partial charge in [-0.3, -0.25) is 4.79 Å². The van der Waals surface area contributed by atoms with Gasteiger partial charge in [-0.15, -0.1) is 0 Å². The van der Waals surface area contributed by atoms with Crippen LogP contribution in [0.2, 0.25) is 0 Å². The van der Waals surface area contributed by atoms with E-state index < -0.39 is 0 Å². The van der Waals surface area contributed by atoms with Crippen LogP contribution in [0.15, 0.2) is 48.7 Å². The largest absolute Gasteiger partial charge is 0.508 e. The summed E-state index contributed by atoms with van der Waals surface area (Å²) in [7, 11) is 0. The molecule has 3 aromatic rings. The van der Waals surface area contributed by atoms with E-state index >= 15 is 0 Å². The molecule has 3 rings (SSSR count). The Kier molecular flexibility index (Phi) is 2.49. The van der Waals surface area contributed by atoms with Gasteiger partial charge in [0.05, 0.1) is 11.2 Å². The topological polar surface area (TPSA) is 62.5 Å². The number of phenols is 2. The Morgan fingerprint density at radius 2 is 1.84 bits per heavy atom. The number of hydrogen-bond donors (Lipinski definition) is 2. The molecule has 0 saturated carbocycles. The van der Waals surface area contributed by atoms with Crippen LogP contribution in [0.5, 0.6) is 11.5 Å². The summed E-state index contributed by atoms with van der Waals surface area (Å²) in [4.78, 5) is 11.1. The van der Waals surface area contributed by atoms with Gasteiger partial charge in [0.25, 0.3) is 0 Å². The predicted molar refractivity (Wildman–Crippen MR) is 72.0 cm³/mol. The first-order valence-electron chi connectivity index (χ1n) is 5.78. The molecule has 4 heteroatoms. The Bertz CT molecular complexity index is 774. The average molecular weight is 253 g/mol. The number of benzene rings is 2. The zero-order valence-electron chi connectivity index (χ0n) is 9.95. The lowest BCUT2D eigenvalue weighted by molar-refractivity contribution is 0.112. The van der Waals surface area contributed by atoms with Crippen molar-refractivity contribution in [1.82, 2.24) is 4.57 Å². The van der Waals surface area contributed by atoms with E-state index in [1.165, 1.54) is 18.2 Å². The molecule has 0 aliphatic heterocycles. The molecular formula is C15H11NO3. The highest BCUT2D eigenvalue weighted by Gasteiger charge is 2.12. The minimum atomic E-state index is 0.0380. The number of phenolic OH excluding ortho intramolecular Hbond substituents is 2. The van der Waals surface area contributed by atoms with Crippen molar-refractivity contribution < 1.29 is 15.0 Å². The summed E-state index contributed by atoms with van der Waals surface area (Å²) < 4.78 is 1.69. The number of rotatable bonds is 2. The maximum atomic E-state index is 11.1. The summed E-state index contributed by atoms with van der Waals surface area (Å²) in [5.41, 5.74) is 1.77. The molecule has 2 N–H and O–H groups in total. The summed E-state index contributed by atoms with van der Waals surface area (Å²) in [6.45, 7) is 0. The van der Waals surface area contributed by atoms with Gasteiger partial charge in [-0.1, -0.05) is 18.2 Å². The van der Waals surface area contributed by atoms with Crippen molar-refractivity contribution >= 4 is 17.2 Å². The Morgan fingerprint density at radius 1 is 1.05 bits per heavy atom. The molecule has 0 saturated heterocycles. The first-order chi connectivity index (χ1) is 9.20. The number of para-hydroxylation sites is 1. The number of aromatic nitrogens is 1. The maximum absolute atomic E-state index is 11.1. The van der Waals surface area contributed by atoms with Gasteiger partial charge >= 0.3 is 0 Å². The molecule has 0 fully saturated rings.